The number of hydrogen-bond donors (Lipinski definition) is 2. The van der Waals surface area contributed by atoms with Gasteiger partial charge in [0.2, 0.25) is 0 Å². The zero-order chi connectivity index (χ0) is 22.1. The molecule has 2 heterocycles. The lowest BCUT2D eigenvalue weighted by Crippen LogP contribution is -2.30. The number of H-pyrrole nitrogens is 1. The number of thioether (sulfide) groups is 1. The maximum Gasteiger partial charge on any atom is 0.329 e. The van der Waals surface area contributed by atoms with Crippen molar-refractivity contribution in [3.05, 3.63) is 63.3 Å². The Morgan fingerprint density at radius 1 is 1.16 bits per heavy atom. The molecule has 0 aliphatic carbocycles. The summed E-state index contributed by atoms with van der Waals surface area (Å²) < 4.78 is 8.87. The van der Waals surface area contributed by atoms with Crippen LogP contribution < -0.4 is 16.0 Å². The van der Waals surface area contributed by atoms with Gasteiger partial charge in [-0.2, -0.15) is 0 Å². The number of rotatable bonds is 7. The van der Waals surface area contributed by atoms with E-state index in [-0.39, 0.29) is 23.9 Å². The number of aromatic amines is 1. The molecule has 0 spiro atoms. The molecule has 0 saturated heterocycles. The molecule has 2 N–H and O–H groups in total. The molecular weight excluding hydrogens is 416 g/mol. The van der Waals surface area contributed by atoms with E-state index in [2.05, 4.69) is 9.97 Å². The standard InChI is InChI=1S/C22H24N4O4S/c1-13(2)31-22-23-19-18(20(28)24-21(29)25(19)3)26(22)11-15(27)12-30-17-10-6-8-14-7-4-5-9-16(14)17/h4-10,13,15,27H,11-12H2,1-3H3,(H,24,28,29). The normalized spacial score (nSPS) is 12.7. The van der Waals surface area contributed by atoms with Crippen LogP contribution >= 0.6 is 11.8 Å². The second-order valence-electron chi connectivity index (χ2n) is 7.60. The summed E-state index contributed by atoms with van der Waals surface area (Å²) in [5.41, 5.74) is -0.500. The number of imidazole rings is 1. The van der Waals surface area contributed by atoms with Gasteiger partial charge in [-0.25, -0.2) is 9.78 Å². The third-order valence-corrected chi connectivity index (χ3v) is 5.88. The Kier molecular flexibility index (Phi) is 5.88. The minimum Gasteiger partial charge on any atom is -0.490 e. The summed E-state index contributed by atoms with van der Waals surface area (Å²) in [4.78, 5) is 31.3. The highest BCUT2D eigenvalue weighted by Crippen LogP contribution is 2.27. The van der Waals surface area contributed by atoms with Gasteiger partial charge in [0.1, 0.15) is 18.5 Å². The monoisotopic (exact) mass is 440 g/mol. The van der Waals surface area contributed by atoms with Gasteiger partial charge in [0.25, 0.3) is 5.56 Å². The molecule has 0 aliphatic rings. The Bertz CT molecular complexity index is 1350. The highest BCUT2D eigenvalue weighted by molar-refractivity contribution is 7.99. The van der Waals surface area contributed by atoms with Crippen LogP contribution in [-0.4, -0.2) is 42.2 Å². The molecule has 0 aliphatic heterocycles. The Hall–Kier alpha value is -3.04. The van der Waals surface area contributed by atoms with Gasteiger partial charge in [0.05, 0.1) is 6.54 Å². The first-order chi connectivity index (χ1) is 14.8. The summed E-state index contributed by atoms with van der Waals surface area (Å²) in [6.07, 6.45) is -0.889. The van der Waals surface area contributed by atoms with Crippen LogP contribution in [0.25, 0.3) is 21.9 Å². The second kappa shape index (κ2) is 8.60. The van der Waals surface area contributed by atoms with Gasteiger partial charge in [0, 0.05) is 17.7 Å². The van der Waals surface area contributed by atoms with E-state index in [1.165, 1.54) is 16.3 Å². The van der Waals surface area contributed by atoms with Crippen LogP contribution in [0.3, 0.4) is 0 Å². The highest BCUT2D eigenvalue weighted by atomic mass is 32.2. The zero-order valence-electron chi connectivity index (χ0n) is 17.5. The minimum atomic E-state index is -0.889. The molecule has 9 heteroatoms. The fourth-order valence-electron chi connectivity index (χ4n) is 3.46. The van der Waals surface area contributed by atoms with Crippen LogP contribution in [0, 0.1) is 0 Å². The van der Waals surface area contributed by atoms with E-state index < -0.39 is 17.4 Å². The van der Waals surface area contributed by atoms with Crippen molar-refractivity contribution in [2.75, 3.05) is 6.61 Å². The molecule has 162 valence electrons. The Morgan fingerprint density at radius 3 is 2.68 bits per heavy atom. The number of nitrogens with one attached hydrogen (secondary N) is 1. The van der Waals surface area contributed by atoms with E-state index in [9.17, 15) is 14.7 Å². The number of fused-ring (bicyclic) bond motifs is 2. The number of hydrogen-bond acceptors (Lipinski definition) is 6. The van der Waals surface area contributed by atoms with E-state index in [4.69, 9.17) is 4.74 Å². The number of aryl methyl sites for hydroxylation is 1. The van der Waals surface area contributed by atoms with Crippen molar-refractivity contribution in [2.45, 2.75) is 36.9 Å². The molecule has 31 heavy (non-hydrogen) atoms. The van der Waals surface area contributed by atoms with Crippen molar-refractivity contribution in [3.8, 4) is 5.75 Å². The van der Waals surface area contributed by atoms with Crippen molar-refractivity contribution in [1.29, 1.82) is 0 Å². The van der Waals surface area contributed by atoms with Gasteiger partial charge in [-0.15, -0.1) is 0 Å². The summed E-state index contributed by atoms with van der Waals surface area (Å²) in [5, 5.41) is 13.5. The molecule has 4 aromatic rings. The van der Waals surface area contributed by atoms with Crippen LogP contribution in [-0.2, 0) is 13.6 Å². The van der Waals surface area contributed by atoms with Crippen LogP contribution in [0.15, 0.2) is 57.2 Å². The van der Waals surface area contributed by atoms with Crippen molar-refractivity contribution in [3.63, 3.8) is 0 Å². The minimum absolute atomic E-state index is 0.0448. The molecule has 1 unspecified atom stereocenters. The average molecular weight is 441 g/mol. The van der Waals surface area contributed by atoms with E-state index in [1.54, 1.807) is 11.6 Å². The first-order valence-electron chi connectivity index (χ1n) is 10.00. The topological polar surface area (TPSA) is 102 Å². The van der Waals surface area contributed by atoms with Crippen LogP contribution in [0.2, 0.25) is 0 Å². The Balaban J connectivity index is 1.63. The number of aromatic nitrogens is 4. The number of ether oxygens (including phenoxy) is 1. The summed E-state index contributed by atoms with van der Waals surface area (Å²) >= 11 is 1.46. The van der Waals surface area contributed by atoms with Crippen molar-refractivity contribution < 1.29 is 9.84 Å². The van der Waals surface area contributed by atoms with E-state index in [0.29, 0.717) is 16.6 Å². The summed E-state index contributed by atoms with van der Waals surface area (Å²) in [6, 6.07) is 13.6. The summed E-state index contributed by atoms with van der Waals surface area (Å²) in [6.45, 7) is 4.18. The summed E-state index contributed by atoms with van der Waals surface area (Å²) in [7, 11) is 1.56. The molecule has 0 fully saturated rings. The lowest BCUT2D eigenvalue weighted by molar-refractivity contribution is 0.0921. The third-order valence-electron chi connectivity index (χ3n) is 4.89. The quantitative estimate of drug-likeness (QED) is 0.428. The molecular formula is C22H24N4O4S. The molecule has 0 bridgehead atoms. The second-order valence-corrected chi connectivity index (χ2v) is 9.15. The molecule has 2 aromatic heterocycles. The van der Waals surface area contributed by atoms with Gasteiger partial charge in [-0.05, 0) is 11.5 Å². The van der Waals surface area contributed by atoms with Crippen molar-refractivity contribution in [2.24, 2.45) is 7.05 Å². The zero-order valence-corrected chi connectivity index (χ0v) is 18.3. The van der Waals surface area contributed by atoms with E-state index in [1.807, 2.05) is 56.3 Å². The maximum atomic E-state index is 12.5. The van der Waals surface area contributed by atoms with Crippen molar-refractivity contribution in [1.82, 2.24) is 19.1 Å². The van der Waals surface area contributed by atoms with Gasteiger partial charge in [0.15, 0.2) is 16.3 Å². The van der Waals surface area contributed by atoms with Gasteiger partial charge < -0.3 is 14.4 Å². The molecule has 0 radical (unpaired) electrons. The molecule has 4 rings (SSSR count). The molecule has 0 amide bonds. The Labute approximate surface area is 182 Å². The highest BCUT2D eigenvalue weighted by Gasteiger charge is 2.21. The fraction of sp³-hybridized carbons (Fsp3) is 0.318. The predicted octanol–water partition coefficient (Wildman–Crippen LogP) is 2.52. The molecule has 0 saturated carbocycles. The first-order valence-corrected chi connectivity index (χ1v) is 10.9. The van der Waals surface area contributed by atoms with Gasteiger partial charge in [-0.1, -0.05) is 62.0 Å². The van der Waals surface area contributed by atoms with Crippen LogP contribution in [0.1, 0.15) is 13.8 Å². The van der Waals surface area contributed by atoms with Gasteiger partial charge >= 0.3 is 5.69 Å². The number of nitrogens with zero attached hydrogens (tertiary/aromatic N) is 3. The number of aliphatic hydroxyl groups excluding tert-OH is 1. The molecule has 1 atom stereocenters. The largest absolute Gasteiger partial charge is 0.490 e. The lowest BCUT2D eigenvalue weighted by atomic mass is 10.1. The predicted molar refractivity (Wildman–Crippen MR) is 122 cm³/mol. The maximum absolute atomic E-state index is 12.5. The van der Waals surface area contributed by atoms with E-state index >= 15 is 0 Å². The van der Waals surface area contributed by atoms with Crippen molar-refractivity contribution >= 4 is 33.7 Å². The average Bonchev–Trinajstić information content (AvgIpc) is 3.08. The fourth-order valence-corrected chi connectivity index (χ4v) is 4.31. The van der Waals surface area contributed by atoms with Crippen LogP contribution in [0.4, 0.5) is 0 Å². The molecule has 8 nitrogen and oxygen atoms in total. The SMILES string of the molecule is CC(C)Sc1nc2c(c(=O)[nH]c(=O)n2C)n1CC(O)COc1cccc2ccccc12. The Morgan fingerprint density at radius 2 is 1.90 bits per heavy atom. The molecule has 2 aromatic carbocycles. The summed E-state index contributed by atoms with van der Waals surface area (Å²) in [5.74, 6) is 0.685. The first kappa shape index (κ1) is 21.2. The smallest absolute Gasteiger partial charge is 0.329 e. The van der Waals surface area contributed by atoms with Gasteiger partial charge in [-0.3, -0.25) is 14.3 Å². The van der Waals surface area contributed by atoms with Crippen LogP contribution in [0.5, 0.6) is 5.75 Å². The lowest BCUT2D eigenvalue weighted by Gasteiger charge is -2.16. The van der Waals surface area contributed by atoms with E-state index in [0.717, 1.165) is 10.8 Å². The third kappa shape index (κ3) is 4.24. The number of aliphatic hydroxyl groups is 1. The number of benzene rings is 2.